The number of nitrogens with zero attached hydrogens (tertiary/aromatic N) is 1. The highest BCUT2D eigenvalue weighted by atomic mass is 127. The van der Waals surface area contributed by atoms with Crippen LogP contribution in [0.2, 0.25) is 5.02 Å². The number of halogens is 2. The molecule has 0 heterocycles. The Morgan fingerprint density at radius 1 is 1.26 bits per heavy atom. The number of nitrogens with two attached hydrogens (primary N) is 1. The van der Waals surface area contributed by atoms with E-state index in [9.17, 15) is 4.79 Å². The molecular formula is C19H29ClIN3O3. The van der Waals surface area contributed by atoms with Gasteiger partial charge in [-0.05, 0) is 64.7 Å². The first-order chi connectivity index (χ1) is 12.2. The molecule has 27 heavy (non-hydrogen) atoms. The van der Waals surface area contributed by atoms with Crippen molar-refractivity contribution < 1.29 is 14.3 Å². The van der Waals surface area contributed by atoms with Crippen LogP contribution in [0.5, 0.6) is 5.75 Å². The zero-order valence-electron chi connectivity index (χ0n) is 16.3. The molecule has 1 fully saturated rings. The Morgan fingerprint density at radius 3 is 2.41 bits per heavy atom. The topological polar surface area (TPSA) is 85.9 Å². The molecule has 1 aliphatic rings. The van der Waals surface area contributed by atoms with E-state index >= 15 is 0 Å². The molecule has 0 saturated heterocycles. The van der Waals surface area contributed by atoms with Gasteiger partial charge in [0.1, 0.15) is 11.4 Å². The number of benzene rings is 1. The third kappa shape index (κ3) is 7.73. The molecule has 0 amide bonds. The second-order valence-corrected chi connectivity index (χ2v) is 7.93. The minimum atomic E-state index is -0.444. The van der Waals surface area contributed by atoms with Crippen molar-refractivity contribution >= 4 is 53.2 Å². The first kappa shape index (κ1) is 23.8. The zero-order valence-corrected chi connectivity index (χ0v) is 19.3. The van der Waals surface area contributed by atoms with E-state index in [1.165, 1.54) is 0 Å². The predicted octanol–water partition coefficient (Wildman–Crippen LogP) is 4.59. The number of methoxy groups -OCH3 is 1. The van der Waals surface area contributed by atoms with Crippen molar-refractivity contribution in [1.82, 2.24) is 0 Å². The van der Waals surface area contributed by atoms with Gasteiger partial charge in [-0.15, -0.1) is 24.0 Å². The van der Waals surface area contributed by atoms with Crippen LogP contribution in [0.1, 0.15) is 46.5 Å². The maximum atomic E-state index is 12.2. The number of esters is 1. The number of guanidine groups is 1. The summed E-state index contributed by atoms with van der Waals surface area (Å²) in [6, 6.07) is 5.44. The van der Waals surface area contributed by atoms with Gasteiger partial charge in [0, 0.05) is 5.69 Å². The second-order valence-electron chi connectivity index (χ2n) is 7.53. The van der Waals surface area contributed by atoms with Gasteiger partial charge in [0.25, 0.3) is 0 Å². The van der Waals surface area contributed by atoms with E-state index in [0.29, 0.717) is 16.7 Å². The second kappa shape index (κ2) is 10.4. The average molecular weight is 510 g/mol. The predicted molar refractivity (Wildman–Crippen MR) is 120 cm³/mol. The summed E-state index contributed by atoms with van der Waals surface area (Å²) in [7, 11) is 1.57. The van der Waals surface area contributed by atoms with E-state index in [4.69, 9.17) is 26.8 Å². The molecule has 1 aliphatic carbocycles. The summed E-state index contributed by atoms with van der Waals surface area (Å²) in [6.45, 7) is 5.66. The third-order valence-corrected chi connectivity index (χ3v) is 4.48. The van der Waals surface area contributed by atoms with Crippen LogP contribution in [-0.2, 0) is 9.53 Å². The van der Waals surface area contributed by atoms with E-state index in [2.05, 4.69) is 10.3 Å². The van der Waals surface area contributed by atoms with Crippen LogP contribution in [0.3, 0.4) is 0 Å². The summed E-state index contributed by atoms with van der Waals surface area (Å²) in [5, 5.41) is 3.55. The lowest BCUT2D eigenvalue weighted by atomic mass is 9.86. The molecule has 0 aliphatic heterocycles. The lowest BCUT2D eigenvalue weighted by Gasteiger charge is -2.28. The minimum Gasteiger partial charge on any atom is -0.495 e. The van der Waals surface area contributed by atoms with E-state index in [-0.39, 0.29) is 41.9 Å². The maximum absolute atomic E-state index is 12.2. The van der Waals surface area contributed by atoms with Gasteiger partial charge >= 0.3 is 5.97 Å². The largest absolute Gasteiger partial charge is 0.495 e. The van der Waals surface area contributed by atoms with Gasteiger partial charge in [-0.2, -0.15) is 0 Å². The molecule has 0 bridgehead atoms. The van der Waals surface area contributed by atoms with Gasteiger partial charge in [0.15, 0.2) is 5.96 Å². The van der Waals surface area contributed by atoms with Crippen LogP contribution in [0.25, 0.3) is 0 Å². The molecule has 0 unspecified atom stereocenters. The van der Waals surface area contributed by atoms with Crippen molar-refractivity contribution in [2.75, 3.05) is 12.4 Å². The first-order valence-electron chi connectivity index (χ1n) is 8.84. The number of hydrogen-bond donors (Lipinski definition) is 2. The lowest BCUT2D eigenvalue weighted by molar-refractivity contribution is -0.161. The highest BCUT2D eigenvalue weighted by Crippen LogP contribution is 2.29. The van der Waals surface area contributed by atoms with Gasteiger partial charge in [-0.3, -0.25) is 4.79 Å². The molecule has 0 radical (unpaired) electrons. The van der Waals surface area contributed by atoms with Crippen molar-refractivity contribution in [1.29, 1.82) is 0 Å². The van der Waals surface area contributed by atoms with Gasteiger partial charge in [0.05, 0.1) is 24.1 Å². The van der Waals surface area contributed by atoms with Gasteiger partial charge in [-0.25, -0.2) is 4.99 Å². The fourth-order valence-corrected chi connectivity index (χ4v) is 3.20. The average Bonchev–Trinajstić information content (AvgIpc) is 2.54. The van der Waals surface area contributed by atoms with Crippen LogP contribution in [0, 0.1) is 5.92 Å². The SMILES string of the molecule is COc1ccc(NC(N)=NC2CCC(C(=O)OC(C)(C)C)CC2)cc1Cl.I. The van der Waals surface area contributed by atoms with E-state index in [0.717, 1.165) is 31.4 Å². The van der Waals surface area contributed by atoms with Crippen molar-refractivity contribution in [2.45, 2.75) is 58.1 Å². The van der Waals surface area contributed by atoms with E-state index in [1.54, 1.807) is 19.2 Å². The molecular weight excluding hydrogens is 481 g/mol. The number of hydrogen-bond acceptors (Lipinski definition) is 4. The van der Waals surface area contributed by atoms with E-state index < -0.39 is 5.60 Å². The van der Waals surface area contributed by atoms with Gasteiger partial charge in [-0.1, -0.05) is 11.6 Å². The monoisotopic (exact) mass is 509 g/mol. The molecule has 6 nitrogen and oxygen atoms in total. The van der Waals surface area contributed by atoms with Crippen molar-refractivity contribution in [3.63, 3.8) is 0 Å². The van der Waals surface area contributed by atoms with Crippen LogP contribution in [0.15, 0.2) is 23.2 Å². The fraction of sp³-hybridized carbons (Fsp3) is 0.579. The normalized spacial score (nSPS) is 20.4. The van der Waals surface area contributed by atoms with Gasteiger partial charge < -0.3 is 20.5 Å². The standard InChI is InChI=1S/C19H28ClN3O3.HI/c1-19(2,3)26-17(24)12-5-7-13(8-6-12)22-18(21)23-14-9-10-16(25-4)15(20)11-14;/h9-13H,5-8H2,1-4H3,(H3,21,22,23);1H. The quantitative estimate of drug-likeness (QED) is 0.268. The number of anilines is 1. The highest BCUT2D eigenvalue weighted by molar-refractivity contribution is 14.0. The number of ether oxygens (including phenoxy) is 2. The van der Waals surface area contributed by atoms with Crippen LogP contribution in [-0.4, -0.2) is 30.7 Å². The molecule has 0 aromatic heterocycles. The summed E-state index contributed by atoms with van der Waals surface area (Å²) in [5.74, 6) is 0.786. The molecule has 1 aromatic rings. The summed E-state index contributed by atoms with van der Waals surface area (Å²) in [5.41, 5.74) is 6.31. The number of carbonyl (C=O) groups is 1. The molecule has 152 valence electrons. The van der Waals surface area contributed by atoms with Crippen molar-refractivity contribution in [2.24, 2.45) is 16.6 Å². The summed E-state index contributed by atoms with van der Waals surface area (Å²) in [6.07, 6.45) is 3.17. The number of rotatable bonds is 4. The number of carbonyl (C=O) groups excluding carboxylic acids is 1. The zero-order chi connectivity index (χ0) is 19.3. The molecule has 0 atom stereocenters. The molecule has 3 N–H and O–H groups in total. The van der Waals surface area contributed by atoms with Crippen LogP contribution < -0.4 is 15.8 Å². The van der Waals surface area contributed by atoms with Gasteiger partial charge in [0.2, 0.25) is 0 Å². The minimum absolute atomic E-state index is 0. The van der Waals surface area contributed by atoms with Crippen molar-refractivity contribution in [3.05, 3.63) is 23.2 Å². The van der Waals surface area contributed by atoms with Crippen LogP contribution >= 0.6 is 35.6 Å². The Balaban J connectivity index is 0.00000364. The maximum Gasteiger partial charge on any atom is 0.309 e. The van der Waals surface area contributed by atoms with Crippen LogP contribution in [0.4, 0.5) is 5.69 Å². The number of aliphatic imine (C=N–C) groups is 1. The Kier molecular flexibility index (Phi) is 9.14. The first-order valence-corrected chi connectivity index (χ1v) is 9.22. The molecule has 1 saturated carbocycles. The molecule has 0 spiro atoms. The Labute approximate surface area is 183 Å². The van der Waals surface area contributed by atoms with Crippen molar-refractivity contribution in [3.8, 4) is 5.75 Å². The molecule has 8 heteroatoms. The fourth-order valence-electron chi connectivity index (χ4n) is 2.95. The molecule has 1 aromatic carbocycles. The molecule has 2 rings (SSSR count). The van der Waals surface area contributed by atoms with E-state index in [1.807, 2.05) is 26.8 Å². The lowest BCUT2D eigenvalue weighted by Crippen LogP contribution is -2.32. The summed E-state index contributed by atoms with van der Waals surface area (Å²) in [4.78, 5) is 16.7. The Morgan fingerprint density at radius 2 is 1.89 bits per heavy atom. The summed E-state index contributed by atoms with van der Waals surface area (Å²) >= 11 is 6.11. The summed E-state index contributed by atoms with van der Waals surface area (Å²) < 4.78 is 10.6. The third-order valence-electron chi connectivity index (χ3n) is 4.18. The Hall–Kier alpha value is -1.22. The smallest absolute Gasteiger partial charge is 0.309 e. The Bertz CT molecular complexity index is 669. The number of nitrogens with one attached hydrogen (secondary N) is 1. The highest BCUT2D eigenvalue weighted by Gasteiger charge is 2.29.